The van der Waals surface area contributed by atoms with Gasteiger partial charge in [0, 0.05) is 0 Å². The summed E-state index contributed by atoms with van der Waals surface area (Å²) >= 11 is 0. The molecular weight excluding hydrogens is 289 g/mol. The lowest BCUT2D eigenvalue weighted by molar-refractivity contribution is -0.165. The number of rotatable bonds is 7. The number of nitrogens with zero attached hydrogens (tertiary/aromatic N) is 1. The average molecular weight is 311 g/mol. The normalized spacial score (nSPS) is 12.3. The van der Waals surface area contributed by atoms with Gasteiger partial charge >= 0.3 is 11.9 Å². The molecule has 0 aliphatic heterocycles. The highest BCUT2D eigenvalue weighted by Crippen LogP contribution is 2.29. The average Bonchev–Trinajstić information content (AvgIpc) is 2.45. The first-order valence-electron chi connectivity index (χ1n) is 7.17. The van der Waals surface area contributed by atoms with Gasteiger partial charge < -0.3 is 14.4 Å². The van der Waals surface area contributed by atoms with E-state index in [4.69, 9.17) is 9.47 Å². The third kappa shape index (κ3) is 4.53. The van der Waals surface area contributed by atoms with E-state index in [1.807, 2.05) is 0 Å². The number of carbonyl (C=O) groups excluding carboxylic acids is 2. The first-order chi connectivity index (χ1) is 10.4. The summed E-state index contributed by atoms with van der Waals surface area (Å²) in [7, 11) is 3.47. The van der Waals surface area contributed by atoms with Gasteiger partial charge in [-0.25, -0.2) is 4.39 Å². The largest absolute Gasteiger partial charge is 0.465 e. The van der Waals surface area contributed by atoms with Gasteiger partial charge in [-0.15, -0.1) is 0 Å². The maximum atomic E-state index is 13.1. The predicted molar refractivity (Wildman–Crippen MR) is 79.6 cm³/mol. The van der Waals surface area contributed by atoms with Crippen molar-refractivity contribution in [1.82, 2.24) is 4.90 Å². The van der Waals surface area contributed by atoms with E-state index in [-0.39, 0.29) is 19.0 Å². The number of hydrogen-bond acceptors (Lipinski definition) is 5. The van der Waals surface area contributed by atoms with E-state index in [9.17, 15) is 14.0 Å². The fraction of sp³-hybridized carbons (Fsp3) is 0.500. The van der Waals surface area contributed by atoms with Crippen LogP contribution in [0.15, 0.2) is 24.3 Å². The molecule has 0 aliphatic carbocycles. The standard InChI is InChI=1S/C16H22FNO4/c1-5-21-15(19)13(16(20)22-6-2)14(18(3)4)11-7-9-12(17)10-8-11/h7-10,13-14H,5-6H2,1-4H3/t14-/m1/s1. The van der Waals surface area contributed by atoms with Gasteiger partial charge in [-0.2, -0.15) is 0 Å². The molecule has 122 valence electrons. The second-order valence-electron chi connectivity index (χ2n) is 4.94. The molecule has 0 bridgehead atoms. The lowest BCUT2D eigenvalue weighted by Crippen LogP contribution is -2.39. The number of halogens is 1. The SMILES string of the molecule is CCOC(=O)C(C(=O)OCC)[C@@H](c1ccc(F)cc1)N(C)C. The van der Waals surface area contributed by atoms with E-state index in [2.05, 4.69) is 0 Å². The third-order valence-electron chi connectivity index (χ3n) is 3.16. The molecule has 0 aromatic heterocycles. The van der Waals surface area contributed by atoms with Gasteiger partial charge in [0.05, 0.1) is 19.3 Å². The van der Waals surface area contributed by atoms with Crippen LogP contribution in [-0.2, 0) is 19.1 Å². The van der Waals surface area contributed by atoms with Crippen LogP contribution in [0.4, 0.5) is 4.39 Å². The Labute approximate surface area is 130 Å². The highest BCUT2D eigenvalue weighted by atomic mass is 19.1. The summed E-state index contributed by atoms with van der Waals surface area (Å²) in [6.45, 7) is 3.67. The van der Waals surface area contributed by atoms with Crippen molar-refractivity contribution in [2.45, 2.75) is 19.9 Å². The van der Waals surface area contributed by atoms with Crippen LogP contribution in [0.2, 0.25) is 0 Å². The van der Waals surface area contributed by atoms with Crippen molar-refractivity contribution >= 4 is 11.9 Å². The third-order valence-corrected chi connectivity index (χ3v) is 3.16. The van der Waals surface area contributed by atoms with Gasteiger partial charge in [-0.3, -0.25) is 9.59 Å². The molecule has 5 nitrogen and oxygen atoms in total. The molecule has 1 aromatic rings. The molecule has 1 atom stereocenters. The van der Waals surface area contributed by atoms with Crippen molar-refractivity contribution < 1.29 is 23.5 Å². The Morgan fingerprint density at radius 1 is 1.05 bits per heavy atom. The molecule has 0 spiro atoms. The Hall–Kier alpha value is -1.95. The second kappa shape index (κ2) is 8.48. The first-order valence-corrected chi connectivity index (χ1v) is 7.17. The van der Waals surface area contributed by atoms with Crippen LogP contribution in [0.1, 0.15) is 25.5 Å². The number of esters is 2. The van der Waals surface area contributed by atoms with Crippen molar-refractivity contribution in [3.63, 3.8) is 0 Å². The second-order valence-corrected chi connectivity index (χ2v) is 4.94. The van der Waals surface area contributed by atoms with Crippen LogP contribution < -0.4 is 0 Å². The van der Waals surface area contributed by atoms with Crippen LogP contribution >= 0.6 is 0 Å². The van der Waals surface area contributed by atoms with Gasteiger partial charge in [-0.1, -0.05) is 12.1 Å². The molecule has 0 unspecified atom stereocenters. The van der Waals surface area contributed by atoms with Crippen molar-refractivity contribution in [1.29, 1.82) is 0 Å². The fourth-order valence-corrected chi connectivity index (χ4v) is 2.27. The molecule has 1 rings (SSSR count). The van der Waals surface area contributed by atoms with Crippen LogP contribution in [-0.4, -0.2) is 44.1 Å². The summed E-state index contributed by atoms with van der Waals surface area (Å²) in [5.74, 6) is -2.81. The first kappa shape index (κ1) is 18.1. The van der Waals surface area contributed by atoms with Gasteiger partial charge in [0.15, 0.2) is 5.92 Å². The molecule has 0 aliphatic rings. The number of ether oxygens (including phenoxy) is 2. The Morgan fingerprint density at radius 2 is 1.50 bits per heavy atom. The van der Waals surface area contributed by atoms with Gasteiger partial charge in [0.25, 0.3) is 0 Å². The number of hydrogen-bond donors (Lipinski definition) is 0. The molecular formula is C16H22FNO4. The quantitative estimate of drug-likeness (QED) is 0.570. The minimum atomic E-state index is -1.12. The van der Waals surface area contributed by atoms with Gasteiger partial charge in [0.2, 0.25) is 0 Å². The Morgan fingerprint density at radius 3 is 1.86 bits per heavy atom. The molecule has 22 heavy (non-hydrogen) atoms. The van der Waals surface area contributed by atoms with E-state index in [1.54, 1.807) is 45.0 Å². The lowest BCUT2D eigenvalue weighted by atomic mass is 9.92. The molecule has 0 amide bonds. The van der Waals surface area contributed by atoms with E-state index >= 15 is 0 Å². The minimum Gasteiger partial charge on any atom is -0.465 e. The van der Waals surface area contributed by atoms with Crippen LogP contribution in [0.25, 0.3) is 0 Å². The summed E-state index contributed by atoms with van der Waals surface area (Å²) in [6, 6.07) is 5.08. The fourth-order valence-electron chi connectivity index (χ4n) is 2.27. The predicted octanol–water partition coefficient (Wildman–Crippen LogP) is 2.17. The summed E-state index contributed by atoms with van der Waals surface area (Å²) in [6.07, 6.45) is 0. The highest BCUT2D eigenvalue weighted by Gasteiger charge is 2.39. The van der Waals surface area contributed by atoms with E-state index < -0.39 is 23.9 Å². The van der Waals surface area contributed by atoms with E-state index in [0.29, 0.717) is 5.56 Å². The molecule has 0 heterocycles. The van der Waals surface area contributed by atoms with Crippen molar-refractivity contribution in [3.8, 4) is 0 Å². The highest BCUT2D eigenvalue weighted by molar-refractivity contribution is 5.96. The molecule has 0 fully saturated rings. The minimum absolute atomic E-state index is 0.165. The van der Waals surface area contributed by atoms with Crippen LogP contribution in [0.5, 0.6) is 0 Å². The summed E-state index contributed by atoms with van der Waals surface area (Å²) in [5, 5.41) is 0. The molecule has 6 heteroatoms. The van der Waals surface area contributed by atoms with Crippen molar-refractivity contribution in [2.75, 3.05) is 27.3 Å². The van der Waals surface area contributed by atoms with Crippen LogP contribution in [0, 0.1) is 11.7 Å². The summed E-state index contributed by atoms with van der Waals surface area (Å²) < 4.78 is 23.1. The van der Waals surface area contributed by atoms with Crippen molar-refractivity contribution in [3.05, 3.63) is 35.6 Å². The zero-order valence-corrected chi connectivity index (χ0v) is 13.3. The van der Waals surface area contributed by atoms with Gasteiger partial charge in [0.1, 0.15) is 5.82 Å². The van der Waals surface area contributed by atoms with Gasteiger partial charge in [-0.05, 0) is 45.6 Å². The van der Waals surface area contributed by atoms with E-state index in [1.165, 1.54) is 12.1 Å². The van der Waals surface area contributed by atoms with Crippen molar-refractivity contribution in [2.24, 2.45) is 5.92 Å². The lowest BCUT2D eigenvalue weighted by Gasteiger charge is -2.30. The number of benzene rings is 1. The topological polar surface area (TPSA) is 55.8 Å². The molecule has 0 saturated carbocycles. The maximum Gasteiger partial charge on any atom is 0.322 e. The monoisotopic (exact) mass is 311 g/mol. The Kier molecular flexibility index (Phi) is 6.98. The summed E-state index contributed by atoms with van der Waals surface area (Å²) in [5.41, 5.74) is 0.637. The Bertz CT molecular complexity index is 483. The van der Waals surface area contributed by atoms with Crippen LogP contribution in [0.3, 0.4) is 0 Å². The zero-order valence-electron chi connectivity index (χ0n) is 13.3. The molecule has 1 aromatic carbocycles. The maximum absolute atomic E-state index is 13.1. The summed E-state index contributed by atoms with van der Waals surface area (Å²) in [4.78, 5) is 26.2. The smallest absolute Gasteiger partial charge is 0.322 e. The number of carbonyl (C=O) groups is 2. The van der Waals surface area contributed by atoms with E-state index in [0.717, 1.165) is 0 Å². The molecule has 0 saturated heterocycles. The molecule has 0 radical (unpaired) electrons. The molecule has 0 N–H and O–H groups in total. The zero-order chi connectivity index (χ0) is 16.7. The Balaban J connectivity index is 3.22.